The van der Waals surface area contributed by atoms with Crippen LogP contribution in [0.2, 0.25) is 0 Å². The molecule has 2 aromatic heterocycles. The van der Waals surface area contributed by atoms with Crippen molar-refractivity contribution in [1.82, 2.24) is 9.97 Å². The van der Waals surface area contributed by atoms with Gasteiger partial charge in [0.15, 0.2) is 5.78 Å². The van der Waals surface area contributed by atoms with E-state index in [4.69, 9.17) is 9.40 Å². The maximum atomic E-state index is 12.6. The zero-order valence-corrected chi connectivity index (χ0v) is 14.3. The molecule has 1 saturated heterocycles. The van der Waals surface area contributed by atoms with Crippen LogP contribution in [0.15, 0.2) is 22.8 Å². The number of ketones is 1. The van der Waals surface area contributed by atoms with Gasteiger partial charge < -0.3 is 9.32 Å². The minimum atomic E-state index is 0.0856. The summed E-state index contributed by atoms with van der Waals surface area (Å²) < 4.78 is 5.52. The number of carbonyl (C=O) groups excluding carboxylic acids is 1. The van der Waals surface area contributed by atoms with Crippen LogP contribution in [-0.2, 0) is 6.42 Å². The van der Waals surface area contributed by atoms with E-state index >= 15 is 0 Å². The fourth-order valence-electron chi connectivity index (χ4n) is 4.00. The molecule has 2 unspecified atom stereocenters. The Morgan fingerprint density at radius 2 is 2.17 bits per heavy atom. The second-order valence-corrected chi connectivity index (χ2v) is 7.17. The van der Waals surface area contributed by atoms with Gasteiger partial charge in [-0.3, -0.25) is 4.79 Å². The molecule has 1 aliphatic heterocycles. The van der Waals surface area contributed by atoms with Gasteiger partial charge in [0.05, 0.1) is 23.2 Å². The molecule has 2 atom stereocenters. The number of hydrogen-bond donors (Lipinski definition) is 0. The van der Waals surface area contributed by atoms with Crippen molar-refractivity contribution in [3.63, 3.8) is 0 Å². The standard InChI is InChI=1S/C19H23N3O2/c1-12-5-3-7-22(11-12)19-20-13(2)18-15(21-19)9-14(10-16(18)23)17-6-4-8-24-17/h4,6,8,12,14H,3,5,7,9-11H2,1-2H3. The van der Waals surface area contributed by atoms with Crippen molar-refractivity contribution in [2.45, 2.75) is 45.4 Å². The first-order valence-electron chi connectivity index (χ1n) is 8.81. The topological polar surface area (TPSA) is 59.2 Å². The van der Waals surface area contributed by atoms with Crippen molar-refractivity contribution in [3.05, 3.63) is 41.1 Å². The average Bonchev–Trinajstić information content (AvgIpc) is 3.08. The molecule has 4 rings (SSSR count). The fourth-order valence-corrected chi connectivity index (χ4v) is 4.00. The van der Waals surface area contributed by atoms with Crippen molar-refractivity contribution < 1.29 is 9.21 Å². The van der Waals surface area contributed by atoms with Gasteiger partial charge in [0.2, 0.25) is 5.95 Å². The Balaban J connectivity index is 1.68. The Bertz CT molecular complexity index is 754. The average molecular weight is 325 g/mol. The fraction of sp³-hybridized carbons (Fsp3) is 0.526. The molecular formula is C19H23N3O2. The van der Waals surface area contributed by atoms with Crippen LogP contribution in [0.3, 0.4) is 0 Å². The summed E-state index contributed by atoms with van der Waals surface area (Å²) in [5.41, 5.74) is 2.43. The Hall–Kier alpha value is -2.17. The molecule has 1 aliphatic carbocycles. The quantitative estimate of drug-likeness (QED) is 0.845. The number of Topliss-reactive ketones (excluding diaryl/α,β-unsaturated/α-hetero) is 1. The smallest absolute Gasteiger partial charge is 0.225 e. The van der Waals surface area contributed by atoms with Gasteiger partial charge >= 0.3 is 0 Å². The van der Waals surface area contributed by atoms with Crippen molar-refractivity contribution in [2.24, 2.45) is 5.92 Å². The van der Waals surface area contributed by atoms with Crippen molar-refractivity contribution in [3.8, 4) is 0 Å². The van der Waals surface area contributed by atoms with Crippen LogP contribution in [0.4, 0.5) is 5.95 Å². The van der Waals surface area contributed by atoms with Gasteiger partial charge in [-0.15, -0.1) is 0 Å². The molecule has 0 amide bonds. The Morgan fingerprint density at radius 3 is 2.92 bits per heavy atom. The van der Waals surface area contributed by atoms with Gasteiger partial charge in [0, 0.05) is 31.8 Å². The summed E-state index contributed by atoms with van der Waals surface area (Å²) in [4.78, 5) is 24.3. The monoisotopic (exact) mass is 325 g/mol. The van der Waals surface area contributed by atoms with E-state index in [0.717, 1.165) is 48.2 Å². The molecule has 0 N–H and O–H groups in total. The zero-order valence-electron chi connectivity index (χ0n) is 14.3. The third kappa shape index (κ3) is 2.72. The SMILES string of the molecule is Cc1nc(N2CCCC(C)C2)nc2c1C(=O)CC(c1ccco1)C2. The summed E-state index contributed by atoms with van der Waals surface area (Å²) in [6, 6.07) is 3.82. The van der Waals surface area contributed by atoms with Gasteiger partial charge in [0.25, 0.3) is 0 Å². The lowest BCUT2D eigenvalue weighted by atomic mass is 9.84. The molecule has 1 fully saturated rings. The predicted octanol–water partition coefficient (Wildman–Crippen LogP) is 3.53. The van der Waals surface area contributed by atoms with Crippen LogP contribution in [0.5, 0.6) is 0 Å². The summed E-state index contributed by atoms with van der Waals surface area (Å²) in [6.07, 6.45) is 5.33. The second-order valence-electron chi connectivity index (χ2n) is 7.17. The maximum absolute atomic E-state index is 12.6. The third-order valence-corrected chi connectivity index (χ3v) is 5.19. The number of rotatable bonds is 2. The molecule has 5 nitrogen and oxygen atoms in total. The normalized spacial score (nSPS) is 24.1. The third-order valence-electron chi connectivity index (χ3n) is 5.19. The zero-order chi connectivity index (χ0) is 16.7. The highest BCUT2D eigenvalue weighted by molar-refractivity contribution is 5.99. The highest BCUT2D eigenvalue weighted by Crippen LogP contribution is 2.34. The largest absolute Gasteiger partial charge is 0.469 e. The summed E-state index contributed by atoms with van der Waals surface area (Å²) in [5, 5.41) is 0. The number of nitrogens with zero attached hydrogens (tertiary/aromatic N) is 3. The van der Waals surface area contributed by atoms with Gasteiger partial charge in [-0.25, -0.2) is 9.97 Å². The number of hydrogen-bond acceptors (Lipinski definition) is 5. The molecule has 0 bridgehead atoms. The number of piperidine rings is 1. The predicted molar refractivity (Wildman–Crippen MR) is 91.5 cm³/mol. The molecule has 0 saturated carbocycles. The van der Waals surface area contributed by atoms with Crippen LogP contribution in [-0.4, -0.2) is 28.8 Å². The Labute approximate surface area is 142 Å². The van der Waals surface area contributed by atoms with Crippen molar-refractivity contribution in [1.29, 1.82) is 0 Å². The molecule has 0 aromatic carbocycles. The van der Waals surface area contributed by atoms with E-state index in [2.05, 4.69) is 16.8 Å². The van der Waals surface area contributed by atoms with Crippen LogP contribution < -0.4 is 4.90 Å². The summed E-state index contributed by atoms with van der Waals surface area (Å²) >= 11 is 0. The van der Waals surface area contributed by atoms with Crippen LogP contribution in [0.25, 0.3) is 0 Å². The van der Waals surface area contributed by atoms with E-state index < -0.39 is 0 Å². The lowest BCUT2D eigenvalue weighted by Gasteiger charge is -2.32. The van der Waals surface area contributed by atoms with E-state index in [1.54, 1.807) is 6.26 Å². The number of furan rings is 1. The number of aryl methyl sites for hydroxylation is 1. The lowest BCUT2D eigenvalue weighted by Crippen LogP contribution is -2.36. The molecule has 2 aliphatic rings. The van der Waals surface area contributed by atoms with Gasteiger partial charge in [-0.2, -0.15) is 0 Å². The van der Waals surface area contributed by atoms with Crippen molar-refractivity contribution >= 4 is 11.7 Å². The highest BCUT2D eigenvalue weighted by atomic mass is 16.3. The van der Waals surface area contributed by atoms with Crippen LogP contribution in [0.1, 0.15) is 59.6 Å². The van der Waals surface area contributed by atoms with E-state index in [0.29, 0.717) is 12.3 Å². The second kappa shape index (κ2) is 6.04. The molecule has 24 heavy (non-hydrogen) atoms. The summed E-state index contributed by atoms with van der Waals surface area (Å²) in [6.45, 7) is 6.20. The first-order chi connectivity index (χ1) is 11.6. The molecule has 126 valence electrons. The first-order valence-corrected chi connectivity index (χ1v) is 8.81. The summed E-state index contributed by atoms with van der Waals surface area (Å²) in [5.74, 6) is 2.54. The van der Waals surface area contributed by atoms with E-state index in [1.807, 2.05) is 19.1 Å². The number of carbonyl (C=O) groups is 1. The Kier molecular flexibility index (Phi) is 3.87. The van der Waals surface area contributed by atoms with Gasteiger partial charge in [-0.1, -0.05) is 6.92 Å². The molecule has 5 heteroatoms. The number of anilines is 1. The minimum absolute atomic E-state index is 0.0856. The van der Waals surface area contributed by atoms with E-state index in [1.165, 1.54) is 12.8 Å². The molecular weight excluding hydrogens is 302 g/mol. The molecule has 0 spiro atoms. The number of fused-ring (bicyclic) bond motifs is 1. The van der Waals surface area contributed by atoms with Crippen LogP contribution in [0, 0.1) is 12.8 Å². The summed E-state index contributed by atoms with van der Waals surface area (Å²) in [7, 11) is 0. The molecule has 0 radical (unpaired) electrons. The van der Waals surface area contributed by atoms with Crippen LogP contribution >= 0.6 is 0 Å². The lowest BCUT2D eigenvalue weighted by molar-refractivity contribution is 0.0958. The molecule has 3 heterocycles. The maximum Gasteiger partial charge on any atom is 0.225 e. The molecule has 2 aromatic rings. The van der Waals surface area contributed by atoms with Gasteiger partial charge in [-0.05, 0) is 37.8 Å². The highest BCUT2D eigenvalue weighted by Gasteiger charge is 2.32. The minimum Gasteiger partial charge on any atom is -0.469 e. The Morgan fingerprint density at radius 1 is 1.29 bits per heavy atom. The van der Waals surface area contributed by atoms with Gasteiger partial charge in [0.1, 0.15) is 5.76 Å². The van der Waals surface area contributed by atoms with Crippen molar-refractivity contribution in [2.75, 3.05) is 18.0 Å². The number of aromatic nitrogens is 2. The first kappa shape index (κ1) is 15.4. The van der Waals surface area contributed by atoms with E-state index in [-0.39, 0.29) is 11.7 Å². The van der Waals surface area contributed by atoms with E-state index in [9.17, 15) is 4.79 Å².